The van der Waals surface area contributed by atoms with Gasteiger partial charge in [-0.25, -0.2) is 9.59 Å². The third-order valence-electron chi connectivity index (χ3n) is 3.51. The van der Waals surface area contributed by atoms with Crippen molar-refractivity contribution < 1.29 is 28.8 Å². The van der Waals surface area contributed by atoms with Crippen LogP contribution in [0.5, 0.6) is 0 Å². The summed E-state index contributed by atoms with van der Waals surface area (Å²) in [5, 5.41) is 14.3. The van der Waals surface area contributed by atoms with Crippen LogP contribution in [-0.4, -0.2) is 52.7 Å². The molecular formula is C16H19N3O7S. The fourth-order valence-corrected chi connectivity index (χ4v) is 2.59. The Morgan fingerprint density at radius 1 is 1.33 bits per heavy atom. The Hall–Kier alpha value is -2.82. The Kier molecular flexibility index (Phi) is 7.41. The Balaban J connectivity index is 1.90. The molecule has 0 unspecified atom stereocenters. The minimum Gasteiger partial charge on any atom is -0.463 e. The molecule has 0 aromatic heterocycles. The van der Waals surface area contributed by atoms with E-state index >= 15 is 0 Å². The van der Waals surface area contributed by atoms with Crippen molar-refractivity contribution in [3.05, 3.63) is 39.9 Å². The molecule has 27 heavy (non-hydrogen) atoms. The van der Waals surface area contributed by atoms with Gasteiger partial charge in [-0.05, 0) is 24.6 Å². The molecule has 2 rings (SSSR count). The van der Waals surface area contributed by atoms with E-state index in [9.17, 15) is 19.7 Å². The molecule has 1 aromatic carbocycles. The van der Waals surface area contributed by atoms with Crippen LogP contribution in [0.2, 0.25) is 0 Å². The number of nitro groups is 1. The maximum absolute atomic E-state index is 12.3. The molecular weight excluding hydrogens is 378 g/mol. The lowest BCUT2D eigenvalue weighted by Crippen LogP contribution is -2.33. The summed E-state index contributed by atoms with van der Waals surface area (Å²) in [7, 11) is 0. The first-order chi connectivity index (χ1) is 12.9. The van der Waals surface area contributed by atoms with Crippen molar-refractivity contribution in [1.82, 2.24) is 4.90 Å². The molecule has 146 valence electrons. The summed E-state index contributed by atoms with van der Waals surface area (Å²) in [5.41, 5.74) is 0.559. The molecule has 1 aliphatic heterocycles. The third kappa shape index (κ3) is 6.13. The van der Waals surface area contributed by atoms with Crippen LogP contribution in [-0.2, 0) is 25.7 Å². The molecule has 1 saturated heterocycles. The van der Waals surface area contributed by atoms with Crippen molar-refractivity contribution in [2.45, 2.75) is 25.2 Å². The number of hydrogen-bond acceptors (Lipinski definition) is 9. The van der Waals surface area contributed by atoms with Crippen LogP contribution in [0.25, 0.3) is 0 Å². The van der Waals surface area contributed by atoms with Gasteiger partial charge >= 0.3 is 12.1 Å². The summed E-state index contributed by atoms with van der Waals surface area (Å²) in [4.78, 5) is 39.9. The van der Waals surface area contributed by atoms with Crippen LogP contribution < -0.4 is 0 Å². The smallest absolute Gasteiger partial charge is 0.415 e. The summed E-state index contributed by atoms with van der Waals surface area (Å²) in [6.07, 6.45) is -0.276. The summed E-state index contributed by atoms with van der Waals surface area (Å²) in [6.45, 7) is 1.78. The number of benzene rings is 1. The van der Waals surface area contributed by atoms with Crippen molar-refractivity contribution in [2.75, 3.05) is 19.8 Å². The number of amides is 1. The van der Waals surface area contributed by atoms with Gasteiger partial charge in [0.1, 0.15) is 6.61 Å². The number of hydrogen-bond donors (Lipinski definition) is 1. The number of esters is 1. The molecule has 1 heterocycles. The Morgan fingerprint density at radius 2 is 2.04 bits per heavy atom. The molecule has 0 bridgehead atoms. The minimum absolute atomic E-state index is 0.0456. The zero-order valence-corrected chi connectivity index (χ0v) is 15.5. The first-order valence-corrected chi connectivity index (χ1v) is 8.62. The van der Waals surface area contributed by atoms with Gasteiger partial charge in [0.25, 0.3) is 5.69 Å². The second-order valence-corrected chi connectivity index (χ2v) is 6.26. The van der Waals surface area contributed by atoms with Crippen molar-refractivity contribution in [3.63, 3.8) is 0 Å². The molecule has 0 radical (unpaired) electrons. The maximum Gasteiger partial charge on any atom is 0.415 e. The predicted molar refractivity (Wildman–Crippen MR) is 97.4 cm³/mol. The Morgan fingerprint density at radius 3 is 2.67 bits per heavy atom. The average Bonchev–Trinajstić information content (AvgIpc) is 3.01. The van der Waals surface area contributed by atoms with Gasteiger partial charge < -0.3 is 14.3 Å². The Labute approximate surface area is 160 Å². The van der Waals surface area contributed by atoms with Gasteiger partial charge in [0, 0.05) is 30.3 Å². The first kappa shape index (κ1) is 20.5. The highest BCUT2D eigenvalue weighted by Crippen LogP contribution is 2.19. The second kappa shape index (κ2) is 9.76. The molecule has 11 heteroatoms. The number of non-ortho nitro benzene ring substituents is 1. The number of rotatable bonds is 7. The number of nitrogens with zero attached hydrogens (tertiary/aromatic N) is 3. The van der Waals surface area contributed by atoms with Crippen molar-refractivity contribution in [3.8, 4) is 0 Å². The summed E-state index contributed by atoms with van der Waals surface area (Å²) in [5.74, 6) is -0.262. The summed E-state index contributed by atoms with van der Waals surface area (Å²) < 4.78 is 9.93. The standard InChI is InChI=1S/C16H19N3O7S/c1-2-24-15(20)10-26-17-14-7-13(27)8-18(14)16(21)25-9-11-3-5-12(6-4-11)19(22)23/h3-6,13,27H,2,7-10H2,1H3/t13-/m0/s1. The number of carbonyl (C=O) groups excluding carboxylic acids is 2. The highest BCUT2D eigenvalue weighted by Gasteiger charge is 2.32. The molecule has 0 aliphatic carbocycles. The van der Waals surface area contributed by atoms with Gasteiger partial charge in [0.2, 0.25) is 6.61 Å². The van der Waals surface area contributed by atoms with Gasteiger partial charge in [-0.2, -0.15) is 12.6 Å². The van der Waals surface area contributed by atoms with Crippen LogP contribution in [0.15, 0.2) is 29.4 Å². The predicted octanol–water partition coefficient (Wildman–Crippen LogP) is 2.13. The van der Waals surface area contributed by atoms with Gasteiger partial charge in [0.05, 0.1) is 11.5 Å². The highest BCUT2D eigenvalue weighted by atomic mass is 32.1. The van der Waals surface area contributed by atoms with Crippen molar-refractivity contribution >= 4 is 36.2 Å². The van der Waals surface area contributed by atoms with Crippen molar-refractivity contribution in [2.24, 2.45) is 5.16 Å². The van der Waals surface area contributed by atoms with E-state index in [1.165, 1.54) is 29.2 Å². The molecule has 0 spiro atoms. The number of thiol groups is 1. The zero-order chi connectivity index (χ0) is 19.8. The molecule has 1 amide bonds. The number of ether oxygens (including phenoxy) is 2. The normalized spacial score (nSPS) is 17.6. The first-order valence-electron chi connectivity index (χ1n) is 8.10. The SMILES string of the molecule is CCOC(=O)CON=C1C[C@H](S)CN1C(=O)OCc1ccc([N+](=O)[O-])cc1. The van der Waals surface area contributed by atoms with E-state index < -0.39 is 17.0 Å². The monoisotopic (exact) mass is 397 g/mol. The topological polar surface area (TPSA) is 121 Å². The maximum atomic E-state index is 12.3. The molecule has 10 nitrogen and oxygen atoms in total. The van der Waals surface area contributed by atoms with Gasteiger partial charge in [-0.15, -0.1) is 0 Å². The van der Waals surface area contributed by atoms with E-state index in [1.807, 2.05) is 0 Å². The van der Waals surface area contributed by atoms with Crippen LogP contribution in [0.4, 0.5) is 10.5 Å². The number of amidine groups is 1. The average molecular weight is 397 g/mol. The number of likely N-dealkylation sites (tertiary alicyclic amines) is 1. The second-order valence-electron chi connectivity index (χ2n) is 5.53. The fraction of sp³-hybridized carbons (Fsp3) is 0.438. The lowest BCUT2D eigenvalue weighted by Gasteiger charge is -2.16. The quantitative estimate of drug-likeness (QED) is 0.324. The molecule has 0 N–H and O–H groups in total. The largest absolute Gasteiger partial charge is 0.463 e. The number of oxime groups is 1. The molecule has 0 saturated carbocycles. The third-order valence-corrected chi connectivity index (χ3v) is 3.86. The Bertz CT molecular complexity index is 723. The van der Waals surface area contributed by atoms with Crippen LogP contribution in [0.1, 0.15) is 18.9 Å². The minimum atomic E-state index is -0.650. The van der Waals surface area contributed by atoms with Gasteiger partial charge in [0.15, 0.2) is 5.84 Å². The van der Waals surface area contributed by atoms with E-state index in [2.05, 4.69) is 17.8 Å². The van der Waals surface area contributed by atoms with E-state index in [1.54, 1.807) is 6.92 Å². The molecule has 1 aliphatic rings. The molecule has 1 atom stereocenters. The van der Waals surface area contributed by atoms with Crippen LogP contribution in [0, 0.1) is 10.1 Å². The zero-order valence-electron chi connectivity index (χ0n) is 14.6. The van der Waals surface area contributed by atoms with Crippen molar-refractivity contribution in [1.29, 1.82) is 0 Å². The molecule has 1 aromatic rings. The van der Waals surface area contributed by atoms with Gasteiger partial charge in [-0.1, -0.05) is 5.16 Å². The lowest BCUT2D eigenvalue weighted by atomic mass is 10.2. The van der Waals surface area contributed by atoms with E-state index in [0.717, 1.165) is 0 Å². The van der Waals surface area contributed by atoms with Crippen LogP contribution >= 0.6 is 12.6 Å². The van der Waals surface area contributed by atoms with Gasteiger partial charge in [-0.3, -0.25) is 15.0 Å². The van der Waals surface area contributed by atoms with E-state index in [0.29, 0.717) is 17.8 Å². The summed E-state index contributed by atoms with van der Waals surface area (Å²) >= 11 is 4.33. The summed E-state index contributed by atoms with van der Waals surface area (Å²) in [6, 6.07) is 5.68. The lowest BCUT2D eigenvalue weighted by molar-refractivity contribution is -0.384. The van der Waals surface area contributed by atoms with Crippen LogP contribution in [0.3, 0.4) is 0 Å². The fourth-order valence-electron chi connectivity index (χ4n) is 2.27. The van der Waals surface area contributed by atoms with E-state index in [4.69, 9.17) is 14.3 Å². The van der Waals surface area contributed by atoms with E-state index in [-0.39, 0.29) is 37.3 Å². The number of nitro benzene ring substituents is 1. The highest BCUT2D eigenvalue weighted by molar-refractivity contribution is 7.81. The number of carbonyl (C=O) groups is 2. The molecule has 1 fully saturated rings.